The van der Waals surface area contributed by atoms with Gasteiger partial charge in [-0.1, -0.05) is 140 Å². The van der Waals surface area contributed by atoms with Gasteiger partial charge in [-0.15, -0.1) is 0 Å². The highest BCUT2D eigenvalue weighted by Crippen LogP contribution is 2.42. The van der Waals surface area contributed by atoms with Crippen LogP contribution >= 0.6 is 0 Å². The number of rotatable bonds is 5. The quantitative estimate of drug-likeness (QED) is 0.180. The summed E-state index contributed by atoms with van der Waals surface area (Å²) in [6.07, 6.45) is 0. The average molecular weight is 689 g/mol. The molecule has 0 spiro atoms. The Morgan fingerprint density at radius 1 is 0.352 bits per heavy atom. The monoisotopic (exact) mass is 688 g/mol. The normalized spacial score (nSPS) is 11.7. The smallest absolute Gasteiger partial charge is 0.138 e. The van der Waals surface area contributed by atoms with Crippen LogP contribution in [0.15, 0.2) is 194 Å². The number of nitrogens with zero attached hydrogens (tertiary/aromatic N) is 4. The van der Waals surface area contributed by atoms with Crippen LogP contribution in [0.2, 0.25) is 0 Å². The highest BCUT2D eigenvalue weighted by Gasteiger charge is 2.22. The van der Waals surface area contributed by atoms with Crippen LogP contribution in [-0.2, 0) is 0 Å². The minimum atomic E-state index is 0.857. The zero-order chi connectivity index (χ0) is 35.6. The summed E-state index contributed by atoms with van der Waals surface area (Å²) in [6, 6.07) is 68.9. The maximum atomic E-state index is 5.36. The van der Waals surface area contributed by atoms with Crippen molar-refractivity contribution in [2.24, 2.45) is 0 Å². The summed E-state index contributed by atoms with van der Waals surface area (Å²) in [5.41, 5.74) is 13.0. The van der Waals surface area contributed by atoms with Crippen molar-refractivity contribution in [3.05, 3.63) is 194 Å². The highest BCUT2D eigenvalue weighted by atomic mass is 15.1. The molecule has 0 N–H and O–H groups in total. The molecule has 252 valence electrons. The summed E-state index contributed by atoms with van der Waals surface area (Å²) < 4.78 is 4.78. The first-order chi connectivity index (χ1) is 26.8. The molecule has 4 heteroatoms. The van der Waals surface area contributed by atoms with Crippen molar-refractivity contribution >= 4 is 54.5 Å². The van der Waals surface area contributed by atoms with E-state index in [-0.39, 0.29) is 0 Å². The second kappa shape index (κ2) is 12.1. The van der Waals surface area contributed by atoms with Crippen molar-refractivity contribution in [3.63, 3.8) is 0 Å². The Morgan fingerprint density at radius 2 is 0.963 bits per heavy atom. The summed E-state index contributed by atoms with van der Waals surface area (Å²) in [4.78, 5) is 10.6. The zero-order valence-corrected chi connectivity index (χ0v) is 29.3. The van der Waals surface area contributed by atoms with Gasteiger partial charge < -0.3 is 4.57 Å². The Balaban J connectivity index is 1.19. The van der Waals surface area contributed by atoms with E-state index in [4.69, 9.17) is 9.97 Å². The first-order valence-corrected chi connectivity index (χ1v) is 18.3. The molecule has 0 aliphatic carbocycles. The number of hydrogen-bond donors (Lipinski definition) is 0. The van der Waals surface area contributed by atoms with Gasteiger partial charge in [0.2, 0.25) is 0 Å². The third-order valence-electron chi connectivity index (χ3n) is 10.7. The Morgan fingerprint density at radius 3 is 1.74 bits per heavy atom. The number of pyridine rings is 2. The van der Waals surface area contributed by atoms with Crippen LogP contribution in [0.5, 0.6) is 0 Å². The molecule has 0 aliphatic heterocycles. The fraction of sp³-hybridized carbons (Fsp3) is 0. The van der Waals surface area contributed by atoms with E-state index < -0.39 is 0 Å². The Hall–Kier alpha value is -7.30. The van der Waals surface area contributed by atoms with Gasteiger partial charge in [0, 0.05) is 43.7 Å². The van der Waals surface area contributed by atoms with Gasteiger partial charge >= 0.3 is 0 Å². The summed E-state index contributed by atoms with van der Waals surface area (Å²) in [6.45, 7) is 0. The van der Waals surface area contributed by atoms with Gasteiger partial charge in [-0.05, 0) is 65.7 Å². The lowest BCUT2D eigenvalue weighted by Gasteiger charge is -2.13. The van der Waals surface area contributed by atoms with Crippen molar-refractivity contribution in [2.75, 3.05) is 0 Å². The molecular weight excluding hydrogens is 657 g/mol. The van der Waals surface area contributed by atoms with Crippen LogP contribution in [0.25, 0.3) is 99.7 Å². The first kappa shape index (κ1) is 30.3. The Kier molecular flexibility index (Phi) is 6.82. The molecular formula is C50H32N4. The molecule has 0 saturated heterocycles. The topological polar surface area (TPSA) is 35.6 Å². The molecule has 7 aromatic carbocycles. The van der Waals surface area contributed by atoms with Gasteiger partial charge in [0.15, 0.2) is 0 Å². The summed E-state index contributed by atoms with van der Waals surface area (Å²) in [5, 5.41) is 5.91. The predicted molar refractivity (Wildman–Crippen MR) is 225 cm³/mol. The zero-order valence-electron chi connectivity index (χ0n) is 29.3. The largest absolute Gasteiger partial charge is 0.309 e. The van der Waals surface area contributed by atoms with Crippen LogP contribution in [0, 0.1) is 0 Å². The van der Waals surface area contributed by atoms with Crippen molar-refractivity contribution in [3.8, 4) is 45.1 Å². The number of hydrogen-bond acceptors (Lipinski definition) is 2. The molecule has 0 fully saturated rings. The van der Waals surface area contributed by atoms with Crippen LogP contribution in [0.4, 0.5) is 0 Å². The predicted octanol–water partition coefficient (Wildman–Crippen LogP) is 12.8. The SMILES string of the molecule is c1ccc(-c2ccc(-n3c4ccccc4c4ccc5c(c6ccccc6n5-c5cc(-c6cccc(-c7ccccc7)n6)c6ccccc6n5)c43)cc2)cc1. The molecule has 4 heterocycles. The van der Waals surface area contributed by atoms with Gasteiger partial charge in [0.05, 0.1) is 39.0 Å². The molecule has 0 atom stereocenters. The van der Waals surface area contributed by atoms with E-state index in [2.05, 4.69) is 197 Å². The highest BCUT2D eigenvalue weighted by molar-refractivity contribution is 6.26. The third kappa shape index (κ3) is 4.70. The van der Waals surface area contributed by atoms with Crippen molar-refractivity contribution < 1.29 is 0 Å². The molecule has 4 aromatic heterocycles. The van der Waals surface area contributed by atoms with Crippen LogP contribution in [0.3, 0.4) is 0 Å². The lowest BCUT2D eigenvalue weighted by Crippen LogP contribution is -2.00. The molecule has 0 unspecified atom stereocenters. The van der Waals surface area contributed by atoms with Crippen LogP contribution < -0.4 is 0 Å². The number of fused-ring (bicyclic) bond motifs is 8. The minimum absolute atomic E-state index is 0.857. The van der Waals surface area contributed by atoms with E-state index in [1.807, 2.05) is 6.07 Å². The summed E-state index contributed by atoms with van der Waals surface area (Å²) in [5.74, 6) is 0.857. The van der Waals surface area contributed by atoms with Crippen LogP contribution in [0.1, 0.15) is 0 Å². The fourth-order valence-corrected chi connectivity index (χ4v) is 8.30. The third-order valence-corrected chi connectivity index (χ3v) is 10.7. The van der Waals surface area contributed by atoms with Gasteiger partial charge in [-0.25, -0.2) is 9.97 Å². The van der Waals surface area contributed by atoms with Crippen LogP contribution in [-0.4, -0.2) is 19.1 Å². The Labute approximate surface area is 311 Å². The minimum Gasteiger partial charge on any atom is -0.309 e. The van der Waals surface area contributed by atoms with Gasteiger partial charge in [-0.2, -0.15) is 0 Å². The summed E-state index contributed by atoms with van der Waals surface area (Å²) in [7, 11) is 0. The standard InChI is InChI=1S/C50H32N4/c1-3-14-33(15-4-1)34-26-28-36(29-27-34)53-45-24-11-8-19-38(45)39-30-31-47-49(50(39)53)40-20-9-12-25-46(40)54(47)48-32-41(37-18-7-10-21-43(37)52-48)44-23-13-22-42(51-44)35-16-5-2-6-17-35/h1-32H. The second-order valence-corrected chi connectivity index (χ2v) is 13.8. The number of para-hydroxylation sites is 3. The summed E-state index contributed by atoms with van der Waals surface area (Å²) >= 11 is 0. The van der Waals surface area contributed by atoms with Crippen molar-refractivity contribution in [2.45, 2.75) is 0 Å². The molecule has 0 radical (unpaired) electrons. The molecule has 11 rings (SSSR count). The van der Waals surface area contributed by atoms with E-state index >= 15 is 0 Å². The molecule has 11 aromatic rings. The number of aromatic nitrogens is 4. The van der Waals surface area contributed by atoms with E-state index in [9.17, 15) is 0 Å². The lowest BCUT2D eigenvalue weighted by atomic mass is 10.0. The van der Waals surface area contributed by atoms with E-state index in [1.54, 1.807) is 0 Å². The second-order valence-electron chi connectivity index (χ2n) is 13.8. The molecule has 0 aliphatic rings. The van der Waals surface area contributed by atoms with Crippen molar-refractivity contribution in [1.82, 2.24) is 19.1 Å². The van der Waals surface area contributed by atoms with E-state index in [1.165, 1.54) is 43.7 Å². The maximum absolute atomic E-state index is 5.36. The van der Waals surface area contributed by atoms with E-state index in [0.29, 0.717) is 0 Å². The maximum Gasteiger partial charge on any atom is 0.138 e. The van der Waals surface area contributed by atoms with Gasteiger partial charge in [0.25, 0.3) is 0 Å². The lowest BCUT2D eigenvalue weighted by molar-refractivity contribution is 1.10. The average Bonchev–Trinajstić information content (AvgIpc) is 3.77. The Bertz CT molecular complexity index is 3190. The fourth-order valence-electron chi connectivity index (χ4n) is 8.30. The first-order valence-electron chi connectivity index (χ1n) is 18.3. The van der Waals surface area contributed by atoms with Gasteiger partial charge in [0.1, 0.15) is 5.82 Å². The molecule has 0 saturated carbocycles. The number of benzene rings is 7. The molecule has 0 amide bonds. The van der Waals surface area contributed by atoms with E-state index in [0.717, 1.165) is 56.0 Å². The van der Waals surface area contributed by atoms with Gasteiger partial charge in [-0.3, -0.25) is 4.57 Å². The molecule has 0 bridgehead atoms. The molecule has 54 heavy (non-hydrogen) atoms. The molecule has 4 nitrogen and oxygen atoms in total. The van der Waals surface area contributed by atoms with Crippen molar-refractivity contribution in [1.29, 1.82) is 0 Å².